The van der Waals surface area contributed by atoms with Gasteiger partial charge in [-0.15, -0.1) is 0 Å². The molecule has 0 radical (unpaired) electrons. The summed E-state index contributed by atoms with van der Waals surface area (Å²) in [5.41, 5.74) is 0.570. The van der Waals surface area contributed by atoms with Crippen molar-refractivity contribution < 1.29 is 19.1 Å². The molecule has 1 aliphatic carbocycles. The summed E-state index contributed by atoms with van der Waals surface area (Å²) < 4.78 is 5.05. The number of hydrogen-bond donors (Lipinski definition) is 0. The Morgan fingerprint density at radius 2 is 1.96 bits per heavy atom. The van der Waals surface area contributed by atoms with E-state index in [4.69, 9.17) is 16.3 Å². The molecule has 150 valence electrons. The number of esters is 1. The Morgan fingerprint density at radius 3 is 2.54 bits per heavy atom. The molecule has 2 atom stereocenters. The Labute approximate surface area is 171 Å². The van der Waals surface area contributed by atoms with Crippen molar-refractivity contribution >= 4 is 29.1 Å². The van der Waals surface area contributed by atoms with Crippen LogP contribution in [0.25, 0.3) is 0 Å². The number of ether oxygens (including phenoxy) is 1. The first-order valence-electron chi connectivity index (χ1n) is 9.23. The summed E-state index contributed by atoms with van der Waals surface area (Å²) in [6.45, 7) is 8.75. The zero-order valence-electron chi connectivity index (χ0n) is 17.1. The van der Waals surface area contributed by atoms with Gasteiger partial charge in [0.2, 0.25) is 17.2 Å². The van der Waals surface area contributed by atoms with Crippen LogP contribution in [0.3, 0.4) is 0 Å². The topological polar surface area (TPSA) is 63.7 Å². The van der Waals surface area contributed by atoms with E-state index in [-0.39, 0.29) is 10.6 Å². The summed E-state index contributed by atoms with van der Waals surface area (Å²) in [4.78, 5) is 38.7. The Bertz CT molecular complexity index is 875. The molecule has 0 aromatic rings. The standard InChI is InChI=1S/C22H26ClNO4/c1-7-13(2)10-14(3)8-9-16-11-17-18(12-24(16)6)20(26)22(5,28-15(4)25)21(27)19(17)23/h8-13H,7H2,1-6H3/b9-8+,14-10+. The molecule has 2 unspecified atom stereocenters. The summed E-state index contributed by atoms with van der Waals surface area (Å²) in [5.74, 6) is -1.52. The van der Waals surface area contributed by atoms with E-state index in [1.165, 1.54) is 6.92 Å². The highest BCUT2D eigenvalue weighted by Gasteiger charge is 2.52. The molecule has 0 aromatic heterocycles. The maximum atomic E-state index is 12.9. The van der Waals surface area contributed by atoms with Crippen molar-refractivity contribution in [1.82, 2.24) is 4.90 Å². The lowest BCUT2D eigenvalue weighted by atomic mass is 9.79. The first kappa shape index (κ1) is 21.9. The number of fused-ring (bicyclic) bond motifs is 1. The number of allylic oxidation sites excluding steroid dienone is 6. The van der Waals surface area contributed by atoms with Crippen LogP contribution in [-0.2, 0) is 19.1 Å². The predicted molar refractivity (Wildman–Crippen MR) is 109 cm³/mol. The van der Waals surface area contributed by atoms with Gasteiger partial charge in [0.1, 0.15) is 0 Å². The number of halogens is 1. The van der Waals surface area contributed by atoms with E-state index in [0.717, 1.165) is 24.6 Å². The highest BCUT2D eigenvalue weighted by molar-refractivity contribution is 6.49. The molecule has 6 heteroatoms. The zero-order chi connectivity index (χ0) is 21.2. The van der Waals surface area contributed by atoms with Crippen molar-refractivity contribution in [2.75, 3.05) is 7.05 Å². The van der Waals surface area contributed by atoms with Gasteiger partial charge in [0.15, 0.2) is 0 Å². The Hall–Kier alpha value is -2.40. The van der Waals surface area contributed by atoms with E-state index >= 15 is 0 Å². The number of Topliss-reactive ketones (excluding diaryl/α,β-unsaturated/α-hetero) is 2. The average Bonchev–Trinajstić information content (AvgIpc) is 2.63. The number of ketones is 2. The minimum Gasteiger partial charge on any atom is -0.443 e. The number of likely N-dealkylation sites (N-methyl/N-ethyl adjacent to an activating group) is 1. The van der Waals surface area contributed by atoms with Crippen LogP contribution in [-0.4, -0.2) is 35.1 Å². The van der Waals surface area contributed by atoms with Gasteiger partial charge in [-0.3, -0.25) is 14.4 Å². The Balaban J connectivity index is 2.44. The summed E-state index contributed by atoms with van der Waals surface area (Å²) in [6.07, 6.45) is 10.5. The number of nitrogens with zero attached hydrogens (tertiary/aromatic N) is 1. The van der Waals surface area contributed by atoms with Gasteiger partial charge in [-0.1, -0.05) is 49.6 Å². The Kier molecular flexibility index (Phi) is 6.50. The van der Waals surface area contributed by atoms with Crippen LogP contribution in [0.15, 0.2) is 58.0 Å². The Morgan fingerprint density at radius 1 is 1.32 bits per heavy atom. The lowest BCUT2D eigenvalue weighted by Crippen LogP contribution is -2.51. The molecule has 2 aliphatic rings. The van der Waals surface area contributed by atoms with Gasteiger partial charge in [0, 0.05) is 37.0 Å². The van der Waals surface area contributed by atoms with Gasteiger partial charge in [-0.25, -0.2) is 0 Å². The van der Waals surface area contributed by atoms with Crippen molar-refractivity contribution in [3.05, 3.63) is 58.0 Å². The average molecular weight is 404 g/mol. The van der Waals surface area contributed by atoms with Gasteiger partial charge in [0.05, 0.1) is 5.03 Å². The van der Waals surface area contributed by atoms with Crippen molar-refractivity contribution in [1.29, 1.82) is 0 Å². The highest BCUT2D eigenvalue weighted by atomic mass is 35.5. The molecule has 28 heavy (non-hydrogen) atoms. The number of rotatable bonds is 5. The molecule has 2 rings (SSSR count). The highest BCUT2D eigenvalue weighted by Crippen LogP contribution is 2.39. The third-order valence-electron chi connectivity index (χ3n) is 4.92. The third-order valence-corrected chi connectivity index (χ3v) is 5.29. The summed E-state index contributed by atoms with van der Waals surface area (Å²) in [5, 5.41) is -0.111. The molecule has 0 aromatic carbocycles. The third kappa shape index (κ3) is 4.20. The largest absolute Gasteiger partial charge is 0.443 e. The normalized spacial score (nSPS) is 24.2. The molecule has 0 N–H and O–H groups in total. The fourth-order valence-electron chi connectivity index (χ4n) is 3.10. The molecule has 0 fully saturated rings. The molecule has 0 bridgehead atoms. The van der Waals surface area contributed by atoms with Crippen LogP contribution >= 0.6 is 11.6 Å². The van der Waals surface area contributed by atoms with E-state index in [1.54, 1.807) is 24.2 Å². The van der Waals surface area contributed by atoms with Gasteiger partial charge in [-0.05, 0) is 31.9 Å². The molecule has 1 heterocycles. The second-order valence-electron chi connectivity index (χ2n) is 7.37. The van der Waals surface area contributed by atoms with Crippen molar-refractivity contribution in [2.24, 2.45) is 5.92 Å². The van der Waals surface area contributed by atoms with Crippen LogP contribution in [0, 0.1) is 5.92 Å². The predicted octanol–water partition coefficient (Wildman–Crippen LogP) is 4.21. The number of hydrogen-bond acceptors (Lipinski definition) is 5. The molecule has 5 nitrogen and oxygen atoms in total. The summed E-state index contributed by atoms with van der Waals surface area (Å²) in [7, 11) is 1.80. The molecule has 0 saturated carbocycles. The van der Waals surface area contributed by atoms with E-state index in [1.807, 2.05) is 19.1 Å². The lowest BCUT2D eigenvalue weighted by Gasteiger charge is -2.34. The van der Waals surface area contributed by atoms with Gasteiger partial charge in [0.25, 0.3) is 0 Å². The fraction of sp³-hybridized carbons (Fsp3) is 0.409. The first-order chi connectivity index (χ1) is 13.0. The van der Waals surface area contributed by atoms with Crippen molar-refractivity contribution in [2.45, 2.75) is 46.6 Å². The van der Waals surface area contributed by atoms with E-state index in [2.05, 4.69) is 19.9 Å². The zero-order valence-corrected chi connectivity index (χ0v) is 17.9. The summed E-state index contributed by atoms with van der Waals surface area (Å²) >= 11 is 6.28. The van der Waals surface area contributed by atoms with Gasteiger partial charge >= 0.3 is 5.97 Å². The molecule has 0 saturated heterocycles. The van der Waals surface area contributed by atoms with Crippen LogP contribution in [0.1, 0.15) is 41.0 Å². The van der Waals surface area contributed by atoms with Crippen molar-refractivity contribution in [3.8, 4) is 0 Å². The van der Waals surface area contributed by atoms with E-state index in [9.17, 15) is 14.4 Å². The SMILES string of the molecule is CCC(C)/C=C(C)/C=C/C1=CC2=C(Cl)C(=O)C(C)(OC(C)=O)C(=O)C2=CN1C. The monoisotopic (exact) mass is 403 g/mol. The van der Waals surface area contributed by atoms with Crippen LogP contribution in [0.2, 0.25) is 0 Å². The van der Waals surface area contributed by atoms with Crippen LogP contribution in [0.5, 0.6) is 0 Å². The maximum Gasteiger partial charge on any atom is 0.304 e. The quantitative estimate of drug-likeness (QED) is 0.391. The van der Waals surface area contributed by atoms with Crippen LogP contribution in [0.4, 0.5) is 0 Å². The van der Waals surface area contributed by atoms with Gasteiger partial charge < -0.3 is 9.64 Å². The maximum absolute atomic E-state index is 12.9. The molecular weight excluding hydrogens is 378 g/mol. The first-order valence-corrected chi connectivity index (χ1v) is 9.61. The number of carbonyl (C=O) groups is 3. The number of carbonyl (C=O) groups excluding carboxylic acids is 3. The minimum atomic E-state index is -1.93. The van der Waals surface area contributed by atoms with Crippen molar-refractivity contribution in [3.63, 3.8) is 0 Å². The summed E-state index contributed by atoms with van der Waals surface area (Å²) in [6, 6.07) is 0. The van der Waals surface area contributed by atoms with E-state index < -0.39 is 23.1 Å². The molecular formula is C22H26ClNO4. The second kappa shape index (κ2) is 8.31. The van der Waals surface area contributed by atoms with E-state index in [0.29, 0.717) is 11.5 Å². The molecule has 0 spiro atoms. The smallest absolute Gasteiger partial charge is 0.304 e. The molecule has 1 aliphatic heterocycles. The fourth-order valence-corrected chi connectivity index (χ4v) is 3.44. The van der Waals surface area contributed by atoms with Crippen LogP contribution < -0.4 is 0 Å². The molecule has 0 amide bonds. The minimum absolute atomic E-state index is 0.111. The lowest BCUT2D eigenvalue weighted by molar-refractivity contribution is -0.167. The second-order valence-corrected chi connectivity index (χ2v) is 7.74. The van der Waals surface area contributed by atoms with Gasteiger partial charge in [-0.2, -0.15) is 0 Å².